The summed E-state index contributed by atoms with van der Waals surface area (Å²) < 4.78 is 34.4. The number of anilines is 2. The Bertz CT molecular complexity index is 1680. The molecule has 0 spiro atoms. The third-order valence-electron chi connectivity index (χ3n) is 6.47. The van der Waals surface area contributed by atoms with Crippen LogP contribution in [0.1, 0.15) is 34.5 Å². The topological polar surface area (TPSA) is 92.8 Å². The number of para-hydroxylation sites is 1. The molecule has 4 aromatic rings. The largest absolute Gasteiger partial charge is 0.444 e. The Hall–Kier alpha value is -3.85. The van der Waals surface area contributed by atoms with E-state index in [1.807, 2.05) is 19.1 Å². The van der Waals surface area contributed by atoms with Gasteiger partial charge < -0.3 is 10.1 Å². The fourth-order valence-corrected chi connectivity index (χ4v) is 6.98. The van der Waals surface area contributed by atoms with Gasteiger partial charge in [-0.05, 0) is 61.4 Å². The second kappa shape index (κ2) is 11.3. The summed E-state index contributed by atoms with van der Waals surface area (Å²) >= 11 is 12.1. The van der Waals surface area contributed by atoms with Crippen LogP contribution in [0, 0.1) is 0 Å². The second-order valence-corrected chi connectivity index (χ2v) is 12.0. The van der Waals surface area contributed by atoms with Gasteiger partial charge in [0.25, 0.3) is 15.9 Å². The second-order valence-electron chi connectivity index (χ2n) is 9.35. The Labute approximate surface area is 242 Å². The first kappa shape index (κ1) is 27.7. The van der Waals surface area contributed by atoms with Gasteiger partial charge in [0.2, 0.25) is 6.10 Å². The Morgan fingerprint density at radius 1 is 0.900 bits per heavy atom. The smallest absolute Gasteiger partial charge is 0.339 e. The first-order valence-corrected chi connectivity index (χ1v) is 14.6. The summed E-state index contributed by atoms with van der Waals surface area (Å²) in [5.41, 5.74) is 2.29. The zero-order valence-electron chi connectivity index (χ0n) is 21.3. The number of hydrogen-bond donors (Lipinski definition) is 1. The molecular formula is C30H24Cl2N2O5S. The van der Waals surface area contributed by atoms with Gasteiger partial charge in [0.1, 0.15) is 0 Å². The van der Waals surface area contributed by atoms with E-state index in [9.17, 15) is 18.0 Å². The fraction of sp³-hybridized carbons (Fsp3) is 0.133. The number of sulfonamides is 1. The number of carbonyl (C=O) groups is 2. The monoisotopic (exact) mass is 594 g/mol. The average Bonchev–Trinajstić information content (AvgIpc) is 3.28. The number of ether oxygens (including phenoxy) is 1. The molecule has 40 heavy (non-hydrogen) atoms. The van der Waals surface area contributed by atoms with Crippen molar-refractivity contribution in [3.8, 4) is 0 Å². The van der Waals surface area contributed by atoms with Gasteiger partial charge in [-0.1, -0.05) is 77.8 Å². The summed E-state index contributed by atoms with van der Waals surface area (Å²) in [4.78, 5) is 26.5. The van der Waals surface area contributed by atoms with E-state index >= 15 is 0 Å². The maximum Gasteiger partial charge on any atom is 0.339 e. The van der Waals surface area contributed by atoms with Gasteiger partial charge in [-0.15, -0.1) is 0 Å². The van der Waals surface area contributed by atoms with Crippen molar-refractivity contribution in [2.45, 2.75) is 30.4 Å². The van der Waals surface area contributed by atoms with E-state index in [2.05, 4.69) is 5.32 Å². The third-order valence-corrected chi connectivity index (χ3v) is 8.83. The van der Waals surface area contributed by atoms with Gasteiger partial charge in [0.15, 0.2) is 0 Å². The lowest BCUT2D eigenvalue weighted by atomic mass is 10.1. The van der Waals surface area contributed by atoms with E-state index in [4.69, 9.17) is 27.9 Å². The normalized spacial score (nSPS) is 15.3. The van der Waals surface area contributed by atoms with Crippen LogP contribution in [0.4, 0.5) is 11.4 Å². The quantitative estimate of drug-likeness (QED) is 0.241. The fourth-order valence-electron chi connectivity index (χ4n) is 4.71. The zero-order valence-corrected chi connectivity index (χ0v) is 23.6. The molecule has 10 heteroatoms. The van der Waals surface area contributed by atoms with Gasteiger partial charge in [-0.25, -0.2) is 13.2 Å². The minimum atomic E-state index is -3.98. The van der Waals surface area contributed by atoms with Gasteiger partial charge in [0.05, 0.1) is 16.1 Å². The molecule has 5 rings (SSSR count). The van der Waals surface area contributed by atoms with E-state index in [1.165, 1.54) is 46.8 Å². The van der Waals surface area contributed by atoms with Crippen molar-refractivity contribution >= 4 is 56.5 Å². The van der Waals surface area contributed by atoms with Crippen LogP contribution in [0.3, 0.4) is 0 Å². The first-order chi connectivity index (χ1) is 19.1. The van der Waals surface area contributed by atoms with E-state index in [1.54, 1.807) is 42.5 Å². The van der Waals surface area contributed by atoms with E-state index in [0.29, 0.717) is 33.4 Å². The van der Waals surface area contributed by atoms with Crippen LogP contribution in [0.25, 0.3) is 0 Å². The minimum absolute atomic E-state index is 0.0132. The lowest BCUT2D eigenvalue weighted by Gasteiger charge is -2.24. The van der Waals surface area contributed by atoms with Gasteiger partial charge in [0, 0.05) is 27.3 Å². The van der Waals surface area contributed by atoms with Crippen LogP contribution in [0.2, 0.25) is 10.0 Å². The van der Waals surface area contributed by atoms with Crippen molar-refractivity contribution in [2.24, 2.45) is 0 Å². The molecule has 204 valence electrons. The number of benzene rings is 4. The van der Waals surface area contributed by atoms with Crippen molar-refractivity contribution in [1.82, 2.24) is 0 Å². The molecule has 1 aliphatic heterocycles. The van der Waals surface area contributed by atoms with E-state index in [-0.39, 0.29) is 16.5 Å². The highest BCUT2D eigenvalue weighted by Gasteiger charge is 2.36. The number of hydrogen-bond acceptors (Lipinski definition) is 5. The third kappa shape index (κ3) is 5.70. The number of halogens is 2. The molecular weight excluding hydrogens is 571 g/mol. The molecule has 0 saturated carbocycles. The standard InChI is InChI=1S/C30H24Cl2N2O5S/c1-19-14-21-10-5-6-13-27(21)34(19)40(37,38)26-12-7-11-22(15-26)30(36)39-28(20-8-3-2-4-9-20)29(35)33-25-17-23(31)16-24(32)18-25/h2-13,15-19,28H,14H2,1H3,(H,33,35). The molecule has 1 amide bonds. The zero-order chi connectivity index (χ0) is 28.4. The highest BCUT2D eigenvalue weighted by molar-refractivity contribution is 7.92. The molecule has 2 unspecified atom stereocenters. The first-order valence-electron chi connectivity index (χ1n) is 12.4. The molecule has 0 radical (unpaired) electrons. The molecule has 0 bridgehead atoms. The predicted molar refractivity (Wildman–Crippen MR) is 155 cm³/mol. The van der Waals surface area contributed by atoms with Crippen LogP contribution in [-0.4, -0.2) is 26.3 Å². The van der Waals surface area contributed by atoms with Gasteiger partial charge in [-0.3, -0.25) is 9.10 Å². The van der Waals surface area contributed by atoms with Crippen molar-refractivity contribution < 1.29 is 22.7 Å². The summed E-state index contributed by atoms with van der Waals surface area (Å²) in [6.45, 7) is 1.84. The number of nitrogens with one attached hydrogen (secondary N) is 1. The molecule has 2 atom stereocenters. The molecule has 1 N–H and O–H groups in total. The molecule has 1 aliphatic rings. The van der Waals surface area contributed by atoms with Crippen LogP contribution >= 0.6 is 23.2 Å². The van der Waals surface area contributed by atoms with Crippen molar-refractivity contribution in [1.29, 1.82) is 0 Å². The average molecular weight is 596 g/mol. The maximum atomic E-state index is 13.7. The summed E-state index contributed by atoms with van der Waals surface area (Å²) in [7, 11) is -3.98. The summed E-state index contributed by atoms with van der Waals surface area (Å²) in [6.07, 6.45) is -0.750. The highest BCUT2D eigenvalue weighted by atomic mass is 35.5. The van der Waals surface area contributed by atoms with Crippen molar-refractivity contribution in [2.75, 3.05) is 9.62 Å². The number of fused-ring (bicyclic) bond motifs is 1. The number of carbonyl (C=O) groups excluding carboxylic acids is 2. The minimum Gasteiger partial charge on any atom is -0.444 e. The molecule has 0 saturated heterocycles. The molecule has 0 aromatic heterocycles. The Balaban J connectivity index is 1.42. The number of rotatable bonds is 7. The molecule has 7 nitrogen and oxygen atoms in total. The molecule has 4 aromatic carbocycles. The van der Waals surface area contributed by atoms with E-state index < -0.39 is 28.0 Å². The number of amides is 1. The Morgan fingerprint density at radius 2 is 1.57 bits per heavy atom. The van der Waals surface area contributed by atoms with Crippen LogP contribution < -0.4 is 9.62 Å². The molecule has 0 fully saturated rings. The van der Waals surface area contributed by atoms with Crippen LogP contribution in [0.5, 0.6) is 0 Å². The summed E-state index contributed by atoms with van der Waals surface area (Å²) in [5, 5.41) is 3.32. The molecule has 1 heterocycles. The van der Waals surface area contributed by atoms with E-state index in [0.717, 1.165) is 5.56 Å². The lowest BCUT2D eigenvalue weighted by Crippen LogP contribution is -2.35. The van der Waals surface area contributed by atoms with Gasteiger partial charge in [-0.2, -0.15) is 0 Å². The maximum absolute atomic E-state index is 13.7. The van der Waals surface area contributed by atoms with Crippen LogP contribution in [-0.2, 0) is 26.0 Å². The summed E-state index contributed by atoms with van der Waals surface area (Å²) in [6, 6.07) is 25.7. The molecule has 0 aliphatic carbocycles. The number of nitrogens with zero attached hydrogens (tertiary/aromatic N) is 1. The number of esters is 1. The van der Waals surface area contributed by atoms with Crippen molar-refractivity contribution in [3.05, 3.63) is 124 Å². The SMILES string of the molecule is CC1Cc2ccccc2N1S(=O)(=O)c1cccc(C(=O)OC(C(=O)Nc2cc(Cl)cc(Cl)c2)c2ccccc2)c1. The predicted octanol–water partition coefficient (Wildman–Crippen LogP) is 6.67. The van der Waals surface area contributed by atoms with Gasteiger partial charge >= 0.3 is 5.97 Å². The van der Waals surface area contributed by atoms with Crippen LogP contribution in [0.15, 0.2) is 102 Å². The summed E-state index contributed by atoms with van der Waals surface area (Å²) in [5.74, 6) is -1.50. The Kier molecular flexibility index (Phi) is 7.85. The lowest BCUT2D eigenvalue weighted by molar-refractivity contribution is -0.125. The highest BCUT2D eigenvalue weighted by Crippen LogP contribution is 2.36. The van der Waals surface area contributed by atoms with Crippen molar-refractivity contribution in [3.63, 3.8) is 0 Å². The Morgan fingerprint density at radius 3 is 2.30 bits per heavy atom.